The van der Waals surface area contributed by atoms with E-state index in [2.05, 4.69) is 67.1 Å². The van der Waals surface area contributed by atoms with E-state index in [0.717, 1.165) is 24.9 Å². The summed E-state index contributed by atoms with van der Waals surface area (Å²) in [5, 5.41) is 3.61. The molecule has 2 heteroatoms. The summed E-state index contributed by atoms with van der Waals surface area (Å²) in [6.45, 7) is 8.89. The molecular weight excluding hydrogens is 244 g/mol. The van der Waals surface area contributed by atoms with E-state index in [9.17, 15) is 0 Å². The molecule has 2 unspecified atom stereocenters. The van der Waals surface area contributed by atoms with E-state index in [1.54, 1.807) is 0 Å². The molecule has 1 aliphatic carbocycles. The van der Waals surface area contributed by atoms with Crippen LogP contribution in [0.15, 0.2) is 36.4 Å². The highest BCUT2D eigenvalue weighted by Crippen LogP contribution is 2.36. The van der Waals surface area contributed by atoms with Crippen molar-refractivity contribution >= 4 is 0 Å². The van der Waals surface area contributed by atoms with Gasteiger partial charge in [-0.25, -0.2) is 0 Å². The minimum absolute atomic E-state index is 0.910. The van der Waals surface area contributed by atoms with Crippen LogP contribution in [0.4, 0.5) is 0 Å². The van der Waals surface area contributed by atoms with Gasteiger partial charge < -0.3 is 9.88 Å². The molecule has 0 amide bonds. The largest absolute Gasteiger partial charge is 0.318 e. The van der Waals surface area contributed by atoms with Crippen LogP contribution in [-0.4, -0.2) is 11.1 Å². The Labute approximate surface area is 121 Å². The van der Waals surface area contributed by atoms with Crippen LogP contribution in [0.3, 0.4) is 0 Å². The Morgan fingerprint density at radius 1 is 1.20 bits per heavy atom. The van der Waals surface area contributed by atoms with E-state index in [-0.39, 0.29) is 0 Å². The van der Waals surface area contributed by atoms with Gasteiger partial charge in [-0.05, 0) is 62.4 Å². The molecule has 2 atom stereocenters. The van der Waals surface area contributed by atoms with E-state index >= 15 is 0 Å². The number of benzene rings is 1. The highest BCUT2D eigenvalue weighted by Gasteiger charge is 2.31. The summed E-state index contributed by atoms with van der Waals surface area (Å²) >= 11 is 0. The first-order chi connectivity index (χ1) is 9.66. The number of para-hydroxylation sites is 1. The zero-order chi connectivity index (χ0) is 14.1. The van der Waals surface area contributed by atoms with Crippen LogP contribution in [0.2, 0.25) is 0 Å². The zero-order valence-corrected chi connectivity index (χ0v) is 12.7. The maximum atomic E-state index is 3.61. The van der Waals surface area contributed by atoms with Gasteiger partial charge in [-0.3, -0.25) is 0 Å². The predicted octanol–water partition coefficient (Wildman–Crippen LogP) is 3.84. The van der Waals surface area contributed by atoms with Crippen LogP contribution < -0.4 is 5.32 Å². The molecule has 1 heterocycles. The molecule has 20 heavy (non-hydrogen) atoms. The van der Waals surface area contributed by atoms with E-state index in [1.807, 2.05) is 0 Å². The summed E-state index contributed by atoms with van der Waals surface area (Å²) in [6.07, 6.45) is 1.40. The Balaban J connectivity index is 1.73. The number of aryl methyl sites for hydroxylation is 1. The number of hydrogen-bond donors (Lipinski definition) is 1. The van der Waals surface area contributed by atoms with Crippen LogP contribution in [-0.2, 0) is 6.54 Å². The second kappa shape index (κ2) is 5.45. The van der Waals surface area contributed by atoms with E-state index in [4.69, 9.17) is 0 Å². The molecule has 0 bridgehead atoms. The highest BCUT2D eigenvalue weighted by atomic mass is 15.0. The second-order valence-electron chi connectivity index (χ2n) is 6.17. The Bertz CT molecular complexity index is 583. The van der Waals surface area contributed by atoms with Crippen molar-refractivity contribution in [3.8, 4) is 5.69 Å². The first-order valence-corrected chi connectivity index (χ1v) is 7.60. The van der Waals surface area contributed by atoms with Crippen LogP contribution in [0.5, 0.6) is 0 Å². The first kappa shape index (κ1) is 13.4. The van der Waals surface area contributed by atoms with Crippen molar-refractivity contribution in [2.24, 2.45) is 11.8 Å². The topological polar surface area (TPSA) is 17.0 Å². The van der Waals surface area contributed by atoms with Crippen molar-refractivity contribution in [3.05, 3.63) is 53.3 Å². The smallest absolute Gasteiger partial charge is 0.0455 e. The van der Waals surface area contributed by atoms with Gasteiger partial charge in [-0.1, -0.05) is 25.1 Å². The lowest BCUT2D eigenvalue weighted by atomic mass is 10.2. The van der Waals surface area contributed by atoms with Crippen molar-refractivity contribution in [1.82, 2.24) is 9.88 Å². The number of rotatable bonds is 5. The molecule has 1 aliphatic rings. The Morgan fingerprint density at radius 2 is 1.90 bits per heavy atom. The maximum Gasteiger partial charge on any atom is 0.0455 e. The van der Waals surface area contributed by atoms with Crippen LogP contribution in [0.1, 0.15) is 30.3 Å². The molecule has 1 N–H and O–H groups in total. The molecule has 1 aromatic carbocycles. The zero-order valence-electron chi connectivity index (χ0n) is 12.7. The Hall–Kier alpha value is -1.54. The van der Waals surface area contributed by atoms with Gasteiger partial charge in [-0.15, -0.1) is 0 Å². The molecule has 1 fully saturated rings. The SMILES string of the molecule is Cc1cc(CNCC2CC2C)c(C)n1-c1ccccc1. The van der Waals surface area contributed by atoms with E-state index in [1.165, 1.54) is 29.1 Å². The van der Waals surface area contributed by atoms with Gasteiger partial charge in [0, 0.05) is 23.6 Å². The minimum atomic E-state index is 0.910. The van der Waals surface area contributed by atoms with Gasteiger partial charge in [-0.2, -0.15) is 0 Å². The molecular formula is C18H24N2. The summed E-state index contributed by atoms with van der Waals surface area (Å²) in [4.78, 5) is 0. The number of nitrogens with zero attached hydrogens (tertiary/aromatic N) is 1. The predicted molar refractivity (Wildman–Crippen MR) is 84.2 cm³/mol. The molecule has 106 valence electrons. The molecule has 2 aromatic rings. The lowest BCUT2D eigenvalue weighted by molar-refractivity contribution is 0.610. The summed E-state index contributed by atoms with van der Waals surface area (Å²) < 4.78 is 2.34. The third kappa shape index (κ3) is 2.66. The summed E-state index contributed by atoms with van der Waals surface area (Å²) in [6, 6.07) is 12.9. The summed E-state index contributed by atoms with van der Waals surface area (Å²) in [5.74, 6) is 1.84. The molecule has 0 radical (unpaired) electrons. The van der Waals surface area contributed by atoms with Gasteiger partial charge in [0.1, 0.15) is 0 Å². The van der Waals surface area contributed by atoms with E-state index in [0.29, 0.717) is 0 Å². The molecule has 2 nitrogen and oxygen atoms in total. The average molecular weight is 268 g/mol. The molecule has 0 spiro atoms. The molecule has 3 rings (SSSR count). The maximum absolute atomic E-state index is 3.61. The van der Waals surface area contributed by atoms with Crippen molar-refractivity contribution in [1.29, 1.82) is 0 Å². The molecule has 1 saturated carbocycles. The number of nitrogens with one attached hydrogen (secondary N) is 1. The first-order valence-electron chi connectivity index (χ1n) is 7.60. The lowest BCUT2D eigenvalue weighted by Crippen LogP contribution is -2.17. The fourth-order valence-electron chi connectivity index (χ4n) is 3.06. The third-order valence-corrected chi connectivity index (χ3v) is 4.55. The van der Waals surface area contributed by atoms with Gasteiger partial charge in [0.05, 0.1) is 0 Å². The monoisotopic (exact) mass is 268 g/mol. The standard InChI is InChI=1S/C18H24N2/c1-13-9-16(13)11-19-12-17-10-14(2)20(15(17)3)18-7-5-4-6-8-18/h4-8,10,13,16,19H,9,11-12H2,1-3H3. The average Bonchev–Trinajstić information content (AvgIpc) is 3.06. The van der Waals surface area contributed by atoms with Crippen LogP contribution in [0.25, 0.3) is 5.69 Å². The summed E-state index contributed by atoms with van der Waals surface area (Å²) in [5.41, 5.74) is 5.33. The molecule has 0 aliphatic heterocycles. The summed E-state index contributed by atoms with van der Waals surface area (Å²) in [7, 11) is 0. The van der Waals surface area contributed by atoms with E-state index < -0.39 is 0 Å². The van der Waals surface area contributed by atoms with Crippen LogP contribution in [0, 0.1) is 25.7 Å². The van der Waals surface area contributed by atoms with Gasteiger partial charge >= 0.3 is 0 Å². The third-order valence-electron chi connectivity index (χ3n) is 4.55. The van der Waals surface area contributed by atoms with Gasteiger partial charge in [0.2, 0.25) is 0 Å². The van der Waals surface area contributed by atoms with Crippen molar-refractivity contribution in [3.63, 3.8) is 0 Å². The Kier molecular flexibility index (Phi) is 3.66. The fraction of sp³-hybridized carbons (Fsp3) is 0.444. The Morgan fingerprint density at radius 3 is 2.55 bits per heavy atom. The fourth-order valence-corrected chi connectivity index (χ4v) is 3.06. The van der Waals surface area contributed by atoms with Gasteiger partial charge in [0.25, 0.3) is 0 Å². The van der Waals surface area contributed by atoms with Gasteiger partial charge in [0.15, 0.2) is 0 Å². The molecule has 1 aromatic heterocycles. The van der Waals surface area contributed by atoms with Crippen molar-refractivity contribution in [2.45, 2.75) is 33.7 Å². The highest BCUT2D eigenvalue weighted by molar-refractivity contribution is 5.40. The van der Waals surface area contributed by atoms with Crippen LogP contribution >= 0.6 is 0 Å². The molecule has 0 saturated heterocycles. The quantitative estimate of drug-likeness (QED) is 0.872. The number of aromatic nitrogens is 1. The number of hydrogen-bond acceptors (Lipinski definition) is 1. The second-order valence-corrected chi connectivity index (χ2v) is 6.17. The van der Waals surface area contributed by atoms with Crippen molar-refractivity contribution < 1.29 is 0 Å². The minimum Gasteiger partial charge on any atom is -0.318 e. The van der Waals surface area contributed by atoms with Crippen molar-refractivity contribution in [2.75, 3.05) is 6.54 Å². The lowest BCUT2D eigenvalue weighted by Gasteiger charge is -2.10. The normalized spacial score (nSPS) is 21.1.